The van der Waals surface area contributed by atoms with Gasteiger partial charge in [0.15, 0.2) is 5.78 Å². The van der Waals surface area contributed by atoms with Gasteiger partial charge in [-0.1, -0.05) is 110 Å². The number of aliphatic hydroxyl groups is 1. The van der Waals surface area contributed by atoms with Crippen molar-refractivity contribution in [3.63, 3.8) is 0 Å². The standard InChI is InChI=1S/C54H68ClN5O6S/c1-34(57-31-36-16-18-38(19-17-36)48-35(2)58-33-67-48)44-27-40(61)32-60(44)50(64)49(52(3,4)5)59-47(63)15-13-11-10-12-14-26-65-41-23-20-37(21-24-41)45(62)29-46-53(6,7)51(54(46,8)9)66-42-25-22-39(30-56)43(55)28-42/h16-25,28,33,40,44,46,49,51,57,61H,1,10-15,26-27,29,31-32H2,2-9H3,(H,59,63)/t40-,44+,46?,49?,51?/m1/s1. The molecule has 358 valence electrons. The molecule has 13 heteroatoms. The average molecular weight is 951 g/mol. The predicted octanol–water partition coefficient (Wildman–Crippen LogP) is 10.9. The van der Waals surface area contributed by atoms with Crippen LogP contribution in [-0.4, -0.2) is 70.0 Å². The Kier molecular flexibility index (Phi) is 16.7. The molecule has 3 N–H and O–H groups in total. The molecule has 4 aromatic rings. The molecule has 67 heavy (non-hydrogen) atoms. The van der Waals surface area contributed by atoms with Crippen LogP contribution in [0.1, 0.15) is 127 Å². The van der Waals surface area contributed by atoms with Crippen LogP contribution >= 0.6 is 22.9 Å². The number of likely N-dealkylation sites (tertiary alicyclic amines) is 1. The number of halogens is 1. The number of carbonyl (C=O) groups excluding carboxylic acids is 3. The summed E-state index contributed by atoms with van der Waals surface area (Å²) in [5, 5.41) is 26.7. The van der Waals surface area contributed by atoms with Crippen LogP contribution in [0.4, 0.5) is 0 Å². The van der Waals surface area contributed by atoms with Crippen LogP contribution in [0.15, 0.2) is 84.5 Å². The molecule has 2 aliphatic rings. The Morgan fingerprint density at radius 1 is 0.985 bits per heavy atom. The zero-order chi connectivity index (χ0) is 48.7. The molecule has 2 amide bonds. The van der Waals surface area contributed by atoms with E-state index in [2.05, 4.69) is 80.2 Å². The van der Waals surface area contributed by atoms with Crippen LogP contribution in [0.2, 0.25) is 5.02 Å². The second-order valence-electron chi connectivity index (χ2n) is 20.6. The van der Waals surface area contributed by atoms with Crippen LogP contribution < -0.4 is 20.1 Å². The molecular weight excluding hydrogens is 882 g/mol. The van der Waals surface area contributed by atoms with E-state index >= 15 is 0 Å². The van der Waals surface area contributed by atoms with Crippen molar-refractivity contribution in [2.75, 3.05) is 13.2 Å². The number of ether oxygens (including phenoxy) is 2. The summed E-state index contributed by atoms with van der Waals surface area (Å²) in [5.41, 5.74) is 5.69. The van der Waals surface area contributed by atoms with Crippen molar-refractivity contribution in [3.8, 4) is 28.0 Å². The molecular formula is C54H68ClN5O6S. The third kappa shape index (κ3) is 12.5. The van der Waals surface area contributed by atoms with Gasteiger partial charge in [0.25, 0.3) is 0 Å². The fourth-order valence-corrected chi connectivity index (χ4v) is 11.1. The lowest BCUT2D eigenvalue weighted by Crippen LogP contribution is -2.66. The maximum absolute atomic E-state index is 14.1. The lowest BCUT2D eigenvalue weighted by Gasteiger charge is -2.63. The molecule has 1 aromatic heterocycles. The summed E-state index contributed by atoms with van der Waals surface area (Å²) < 4.78 is 12.4. The number of rotatable bonds is 21. The lowest BCUT2D eigenvalue weighted by atomic mass is 9.44. The molecule has 2 heterocycles. The van der Waals surface area contributed by atoms with E-state index in [9.17, 15) is 24.8 Å². The fourth-order valence-electron chi connectivity index (χ4n) is 10.1. The summed E-state index contributed by atoms with van der Waals surface area (Å²) in [5.74, 6) is 1.13. The first-order valence-electron chi connectivity index (χ1n) is 23.5. The normalized spacial score (nSPS) is 20.0. The highest BCUT2D eigenvalue weighted by Crippen LogP contribution is 2.62. The van der Waals surface area contributed by atoms with Crippen LogP contribution in [0.5, 0.6) is 11.5 Å². The van der Waals surface area contributed by atoms with E-state index in [4.69, 9.17) is 21.1 Å². The van der Waals surface area contributed by atoms with E-state index in [1.54, 1.807) is 34.4 Å². The molecule has 0 radical (unpaired) electrons. The lowest BCUT2D eigenvalue weighted by molar-refractivity contribution is -0.196. The maximum Gasteiger partial charge on any atom is 0.246 e. The topological polar surface area (TPSA) is 154 Å². The average Bonchev–Trinajstić information content (AvgIpc) is 3.91. The number of aliphatic hydroxyl groups excluding tert-OH is 1. The largest absolute Gasteiger partial charge is 0.494 e. The van der Waals surface area contributed by atoms with Crippen LogP contribution in [0.25, 0.3) is 10.4 Å². The van der Waals surface area contributed by atoms with Crippen LogP contribution in [0.3, 0.4) is 0 Å². The number of ketones is 1. The van der Waals surface area contributed by atoms with Crippen molar-refractivity contribution < 1.29 is 29.0 Å². The number of thiazole rings is 1. The molecule has 1 aliphatic heterocycles. The Morgan fingerprint density at radius 2 is 1.64 bits per heavy atom. The number of benzene rings is 3. The number of hydrogen-bond donors (Lipinski definition) is 3. The summed E-state index contributed by atoms with van der Waals surface area (Å²) in [7, 11) is 0. The first kappa shape index (κ1) is 51.2. The fraction of sp³-hybridized carbons (Fsp3) is 0.500. The molecule has 0 bridgehead atoms. The Bertz CT molecular complexity index is 2400. The van der Waals surface area contributed by atoms with Gasteiger partial charge in [-0.05, 0) is 78.6 Å². The van der Waals surface area contributed by atoms with Gasteiger partial charge >= 0.3 is 0 Å². The Labute approximate surface area is 406 Å². The van der Waals surface area contributed by atoms with Crippen molar-refractivity contribution in [2.24, 2.45) is 22.2 Å². The van der Waals surface area contributed by atoms with E-state index in [-0.39, 0.29) is 47.0 Å². The highest BCUT2D eigenvalue weighted by Gasteiger charge is 2.63. The Hall–Kier alpha value is -5.22. The second kappa shape index (κ2) is 21.8. The first-order valence-corrected chi connectivity index (χ1v) is 24.8. The predicted molar refractivity (Wildman–Crippen MR) is 266 cm³/mol. The van der Waals surface area contributed by atoms with Gasteiger partial charge < -0.3 is 30.1 Å². The maximum atomic E-state index is 14.1. The zero-order valence-electron chi connectivity index (χ0n) is 40.4. The third-order valence-electron chi connectivity index (χ3n) is 13.7. The summed E-state index contributed by atoms with van der Waals surface area (Å²) in [6.07, 6.45) is 4.62. The number of nitrogens with zero attached hydrogens (tertiary/aromatic N) is 3. The summed E-state index contributed by atoms with van der Waals surface area (Å²) in [6, 6.07) is 21.7. The minimum Gasteiger partial charge on any atom is -0.494 e. The number of aryl methyl sites for hydroxylation is 1. The summed E-state index contributed by atoms with van der Waals surface area (Å²) in [6.45, 7) is 21.9. The highest BCUT2D eigenvalue weighted by molar-refractivity contribution is 7.13. The zero-order valence-corrected chi connectivity index (χ0v) is 42.0. The molecule has 1 saturated carbocycles. The van der Waals surface area contributed by atoms with Gasteiger partial charge in [-0.25, -0.2) is 4.98 Å². The molecule has 1 saturated heterocycles. The number of β-amino-alcohol motifs (C(OH)–C–C–N with tert-alkyl or cyclic N) is 1. The molecule has 3 atom stereocenters. The van der Waals surface area contributed by atoms with Crippen molar-refractivity contribution in [1.29, 1.82) is 5.26 Å². The molecule has 0 spiro atoms. The Morgan fingerprint density at radius 3 is 2.27 bits per heavy atom. The molecule has 11 nitrogen and oxygen atoms in total. The number of amides is 2. The molecule has 3 aromatic carbocycles. The smallest absolute Gasteiger partial charge is 0.246 e. The monoisotopic (exact) mass is 949 g/mol. The first-order chi connectivity index (χ1) is 31.7. The van der Waals surface area contributed by atoms with Crippen LogP contribution in [0, 0.1) is 40.4 Å². The quantitative estimate of drug-likeness (QED) is 0.0547. The number of aromatic nitrogens is 1. The van der Waals surface area contributed by atoms with Crippen molar-refractivity contribution in [2.45, 2.75) is 138 Å². The number of carbonyl (C=O) groups is 3. The second-order valence-corrected chi connectivity index (χ2v) is 21.8. The van der Waals surface area contributed by atoms with E-state index in [0.717, 1.165) is 53.1 Å². The summed E-state index contributed by atoms with van der Waals surface area (Å²) in [4.78, 5) is 48.0. The van der Waals surface area contributed by atoms with Gasteiger partial charge in [-0.3, -0.25) is 14.4 Å². The number of unbranched alkanes of at least 4 members (excludes halogenated alkanes) is 4. The van der Waals surface area contributed by atoms with Gasteiger partial charge in [-0.15, -0.1) is 11.3 Å². The molecule has 6 rings (SSSR count). The number of nitriles is 1. The van der Waals surface area contributed by atoms with Crippen LogP contribution in [-0.2, 0) is 16.1 Å². The highest BCUT2D eigenvalue weighted by atomic mass is 35.5. The Balaban J connectivity index is 0.878. The molecule has 1 unspecified atom stereocenters. The number of hydrogen-bond acceptors (Lipinski definition) is 10. The molecule has 1 aliphatic carbocycles. The summed E-state index contributed by atoms with van der Waals surface area (Å²) >= 11 is 7.87. The van der Waals surface area contributed by atoms with Gasteiger partial charge in [0.2, 0.25) is 11.8 Å². The minimum absolute atomic E-state index is 0.0820. The van der Waals surface area contributed by atoms with Crippen molar-refractivity contribution >= 4 is 40.5 Å². The van der Waals surface area contributed by atoms with E-state index in [1.807, 2.05) is 57.5 Å². The van der Waals surface area contributed by atoms with Gasteiger partial charge in [0.1, 0.15) is 29.7 Å². The van der Waals surface area contributed by atoms with E-state index in [1.165, 1.54) is 0 Å². The van der Waals surface area contributed by atoms with Crippen molar-refractivity contribution in [1.82, 2.24) is 20.5 Å². The SMILES string of the molecule is C=C(NCc1ccc(-c2scnc2C)cc1)[C@@H]1C[C@@H](O)CN1C(=O)C(NC(=O)CCCCCCCOc1ccc(C(=O)CC2C(C)(C)C(Oc3ccc(C#N)c(Cl)c3)C2(C)C)cc1)C(C)(C)C. The van der Waals surface area contributed by atoms with Gasteiger partial charge in [-0.2, -0.15) is 5.26 Å². The minimum atomic E-state index is -0.759. The van der Waals surface area contributed by atoms with E-state index < -0.39 is 23.6 Å². The van der Waals surface area contributed by atoms with Crippen molar-refractivity contribution in [3.05, 3.63) is 112 Å². The van der Waals surface area contributed by atoms with Gasteiger partial charge in [0, 0.05) is 60.5 Å². The molecule has 2 fully saturated rings. The third-order valence-corrected chi connectivity index (χ3v) is 15.0. The van der Waals surface area contributed by atoms with E-state index in [0.29, 0.717) is 66.4 Å². The number of nitrogens with one attached hydrogen (secondary N) is 2. The van der Waals surface area contributed by atoms with Gasteiger partial charge in [0.05, 0.1) is 45.4 Å². The number of Topliss-reactive ketones (excluding diaryl/α,β-unsaturated/α-hetero) is 1.